The number of hydrogen-bond acceptors (Lipinski definition) is 8. The number of rotatable bonds is 14. The molecular weight excluding hydrogens is 559 g/mol. The molecule has 1 atom stereocenters. The van der Waals surface area contributed by atoms with Gasteiger partial charge in [-0.2, -0.15) is 30.4 Å². The Balaban J connectivity index is 2.36. The summed E-state index contributed by atoms with van der Waals surface area (Å²) in [6, 6.07) is 12.9. The van der Waals surface area contributed by atoms with Crippen molar-refractivity contribution in [1.29, 1.82) is 0 Å². The largest absolute Gasteiger partial charge is 0.468 e. The van der Waals surface area contributed by atoms with Gasteiger partial charge in [0.1, 0.15) is 11.5 Å². The Hall–Kier alpha value is -3.01. The fourth-order valence-electron chi connectivity index (χ4n) is 3.55. The molecule has 1 unspecified atom stereocenters. The van der Waals surface area contributed by atoms with Gasteiger partial charge in [-0.3, -0.25) is 9.35 Å². The van der Waals surface area contributed by atoms with Crippen molar-refractivity contribution in [3.8, 4) is 11.5 Å². The molecule has 1 N–H and O–H groups in total. The van der Waals surface area contributed by atoms with Gasteiger partial charge in [0.15, 0.2) is 13.6 Å². The number of esters is 1. The van der Waals surface area contributed by atoms with E-state index in [1.807, 2.05) is 0 Å². The van der Waals surface area contributed by atoms with Crippen molar-refractivity contribution in [1.82, 2.24) is 0 Å². The standard InChI is InChI=1S/C24H27F5O9S/c1-22(16-4-8-18(9-5-16)36-14-34-2,17-6-10-19(11-7-17)37-15-35-3)13-12-20(30)38-21(23(25,26)27)24(28,29)39(31,32)33/h4-11,21H,12-15H2,1-3H3,(H,31,32,33). The summed E-state index contributed by atoms with van der Waals surface area (Å²) < 4.78 is 122. The molecule has 218 valence electrons. The number of hydrogen-bond donors (Lipinski definition) is 1. The Bertz CT molecular complexity index is 1130. The van der Waals surface area contributed by atoms with Crippen molar-refractivity contribution < 1.29 is 63.4 Å². The Morgan fingerprint density at radius 1 is 0.846 bits per heavy atom. The molecule has 15 heteroatoms. The van der Waals surface area contributed by atoms with Crippen LogP contribution in [0.2, 0.25) is 0 Å². The molecule has 0 spiro atoms. The van der Waals surface area contributed by atoms with Gasteiger partial charge in [-0.1, -0.05) is 31.2 Å². The molecule has 0 saturated carbocycles. The topological polar surface area (TPSA) is 118 Å². The first kappa shape index (κ1) is 32.2. The van der Waals surface area contributed by atoms with Gasteiger partial charge in [-0.25, -0.2) is 0 Å². The van der Waals surface area contributed by atoms with Gasteiger partial charge in [0.25, 0.3) is 6.10 Å². The number of benzene rings is 2. The lowest BCUT2D eigenvalue weighted by Crippen LogP contribution is -2.52. The van der Waals surface area contributed by atoms with E-state index in [4.69, 9.17) is 23.5 Å². The molecule has 0 radical (unpaired) electrons. The first-order valence-corrected chi connectivity index (χ1v) is 12.6. The molecule has 2 rings (SSSR count). The number of halogens is 5. The number of alkyl halides is 5. The number of carbonyl (C=O) groups excluding carboxylic acids is 1. The summed E-state index contributed by atoms with van der Waals surface area (Å²) in [4.78, 5) is 12.3. The van der Waals surface area contributed by atoms with Crippen LogP contribution in [-0.2, 0) is 34.5 Å². The van der Waals surface area contributed by atoms with Crippen LogP contribution in [0.15, 0.2) is 48.5 Å². The van der Waals surface area contributed by atoms with Gasteiger partial charge in [0.05, 0.1) is 0 Å². The number of carbonyl (C=O) groups is 1. The summed E-state index contributed by atoms with van der Waals surface area (Å²) in [7, 11) is -3.69. The molecule has 0 heterocycles. The van der Waals surface area contributed by atoms with Gasteiger partial charge in [-0.05, 0) is 41.8 Å². The highest BCUT2D eigenvalue weighted by molar-refractivity contribution is 7.86. The Kier molecular flexibility index (Phi) is 10.6. The fourth-order valence-corrected chi connectivity index (χ4v) is 4.00. The van der Waals surface area contributed by atoms with Crippen molar-refractivity contribution in [3.05, 3.63) is 59.7 Å². The van der Waals surface area contributed by atoms with Crippen molar-refractivity contribution >= 4 is 16.1 Å². The third kappa shape index (κ3) is 8.24. The van der Waals surface area contributed by atoms with Crippen LogP contribution in [0.3, 0.4) is 0 Å². The third-order valence-corrected chi connectivity index (χ3v) is 6.60. The molecule has 2 aromatic rings. The number of ether oxygens (including phenoxy) is 5. The van der Waals surface area contributed by atoms with Crippen molar-refractivity contribution in [2.24, 2.45) is 0 Å². The summed E-state index contributed by atoms with van der Waals surface area (Å²) in [5.41, 5.74) is 0.0558. The zero-order valence-electron chi connectivity index (χ0n) is 21.0. The summed E-state index contributed by atoms with van der Waals surface area (Å²) in [5.74, 6) is -0.885. The van der Waals surface area contributed by atoms with E-state index >= 15 is 0 Å². The lowest BCUT2D eigenvalue weighted by molar-refractivity contribution is -0.259. The Morgan fingerprint density at radius 2 is 1.26 bits per heavy atom. The number of methoxy groups -OCH3 is 2. The average Bonchev–Trinajstić information content (AvgIpc) is 2.87. The quantitative estimate of drug-likeness (QED) is 0.146. The molecular formula is C24H27F5O9S. The fraction of sp³-hybridized carbons (Fsp3) is 0.458. The predicted molar refractivity (Wildman–Crippen MR) is 126 cm³/mol. The van der Waals surface area contributed by atoms with Crippen LogP contribution in [0, 0.1) is 0 Å². The smallest absolute Gasteiger partial charge is 0.432 e. The zero-order chi connectivity index (χ0) is 29.5. The van der Waals surface area contributed by atoms with Gasteiger partial charge in [-0.15, -0.1) is 0 Å². The van der Waals surface area contributed by atoms with Gasteiger partial charge < -0.3 is 23.7 Å². The SMILES string of the molecule is COCOc1ccc(C(C)(CCC(=O)OC(C(F)(F)F)C(F)(F)S(=O)(=O)O)c2ccc(OCOC)cc2)cc1. The van der Waals surface area contributed by atoms with Crippen LogP contribution in [0.5, 0.6) is 11.5 Å². The van der Waals surface area contributed by atoms with Gasteiger partial charge >= 0.3 is 27.5 Å². The minimum absolute atomic E-state index is 0.0278. The van der Waals surface area contributed by atoms with E-state index < -0.39 is 45.5 Å². The second-order valence-corrected chi connectivity index (χ2v) is 9.93. The lowest BCUT2D eigenvalue weighted by atomic mass is 9.73. The lowest BCUT2D eigenvalue weighted by Gasteiger charge is -2.32. The summed E-state index contributed by atoms with van der Waals surface area (Å²) in [6.45, 7) is 1.60. The van der Waals surface area contributed by atoms with Crippen LogP contribution in [-0.4, -0.2) is 64.3 Å². The van der Waals surface area contributed by atoms with Crippen molar-refractivity contribution in [2.75, 3.05) is 27.8 Å². The molecule has 0 amide bonds. The van der Waals surface area contributed by atoms with Crippen molar-refractivity contribution in [2.45, 2.75) is 42.7 Å². The maximum Gasteiger partial charge on any atom is 0.432 e. The highest BCUT2D eigenvalue weighted by atomic mass is 32.2. The first-order valence-electron chi connectivity index (χ1n) is 11.1. The monoisotopic (exact) mass is 586 g/mol. The van der Waals surface area contributed by atoms with Gasteiger partial charge in [0, 0.05) is 26.1 Å². The summed E-state index contributed by atoms with van der Waals surface area (Å²) >= 11 is 0. The molecule has 0 aliphatic rings. The van der Waals surface area contributed by atoms with Crippen molar-refractivity contribution in [3.63, 3.8) is 0 Å². The molecule has 0 saturated heterocycles. The molecule has 39 heavy (non-hydrogen) atoms. The second-order valence-electron chi connectivity index (χ2n) is 8.43. The molecule has 0 aliphatic heterocycles. The maximum absolute atomic E-state index is 13.8. The van der Waals surface area contributed by atoms with E-state index in [1.165, 1.54) is 14.2 Å². The van der Waals surface area contributed by atoms with Gasteiger partial charge in [0.2, 0.25) is 0 Å². The second kappa shape index (κ2) is 12.9. The van der Waals surface area contributed by atoms with E-state index in [0.717, 1.165) is 0 Å². The van der Waals surface area contributed by atoms with Crippen LogP contribution in [0.1, 0.15) is 30.9 Å². The van der Waals surface area contributed by atoms with E-state index in [-0.39, 0.29) is 20.0 Å². The molecule has 0 aromatic heterocycles. The zero-order valence-corrected chi connectivity index (χ0v) is 21.9. The van der Waals surface area contributed by atoms with E-state index in [0.29, 0.717) is 22.6 Å². The average molecular weight is 587 g/mol. The molecule has 0 fully saturated rings. The highest BCUT2D eigenvalue weighted by Gasteiger charge is 2.66. The van der Waals surface area contributed by atoms with E-state index in [1.54, 1.807) is 55.5 Å². The van der Waals surface area contributed by atoms with Crippen LogP contribution < -0.4 is 9.47 Å². The minimum Gasteiger partial charge on any atom is -0.468 e. The summed E-state index contributed by atoms with van der Waals surface area (Å²) in [5, 5.41) is -5.82. The highest BCUT2D eigenvalue weighted by Crippen LogP contribution is 2.40. The Morgan fingerprint density at radius 3 is 1.59 bits per heavy atom. The third-order valence-electron chi connectivity index (χ3n) is 5.69. The molecule has 2 aromatic carbocycles. The molecule has 9 nitrogen and oxygen atoms in total. The van der Waals surface area contributed by atoms with E-state index in [9.17, 15) is 35.2 Å². The van der Waals surface area contributed by atoms with Crippen LogP contribution in [0.4, 0.5) is 22.0 Å². The van der Waals surface area contributed by atoms with Crippen LogP contribution >= 0.6 is 0 Å². The van der Waals surface area contributed by atoms with E-state index in [2.05, 4.69) is 4.74 Å². The molecule has 0 aliphatic carbocycles. The first-order chi connectivity index (χ1) is 18.1. The summed E-state index contributed by atoms with van der Waals surface area (Å²) in [6.07, 6.45) is -11.5. The molecule has 0 bridgehead atoms. The van der Waals surface area contributed by atoms with Crippen LogP contribution in [0.25, 0.3) is 0 Å². The minimum atomic E-state index is -6.55. The maximum atomic E-state index is 13.8. The Labute approximate surface area is 221 Å². The normalized spacial score (nSPS) is 13.6. The predicted octanol–water partition coefficient (Wildman–Crippen LogP) is 4.69.